The van der Waals surface area contributed by atoms with E-state index in [0.717, 1.165) is 6.42 Å². The second kappa shape index (κ2) is 3.91. The molecule has 62 valence electrons. The average molecular weight is 147 g/mol. The van der Waals surface area contributed by atoms with Crippen LogP contribution in [0.2, 0.25) is 0 Å². The van der Waals surface area contributed by atoms with Crippen LogP contribution >= 0.6 is 0 Å². The van der Waals surface area contributed by atoms with E-state index >= 15 is 0 Å². The maximum absolute atomic E-state index is 5.69. The molecule has 0 bridgehead atoms. The third-order valence-corrected chi connectivity index (χ3v) is 1.47. The van der Waals surface area contributed by atoms with E-state index in [9.17, 15) is 0 Å². The molecule has 3 heteroatoms. The quantitative estimate of drug-likeness (QED) is 0.605. The summed E-state index contributed by atoms with van der Waals surface area (Å²) in [5.41, 5.74) is 5.13. The molecule has 0 amide bonds. The summed E-state index contributed by atoms with van der Waals surface area (Å²) in [7, 11) is 1.59. The van der Waals surface area contributed by atoms with Crippen molar-refractivity contribution in [1.29, 1.82) is 0 Å². The molecule has 0 aromatic carbocycles. The van der Waals surface area contributed by atoms with Crippen LogP contribution in [-0.4, -0.2) is 19.1 Å². The zero-order valence-electron chi connectivity index (χ0n) is 7.18. The van der Waals surface area contributed by atoms with Gasteiger partial charge in [0.05, 0.1) is 0 Å². The first-order valence-electron chi connectivity index (χ1n) is 3.51. The molecule has 0 rings (SSSR count). The molecular formula is C7H17NO2. The SMILES string of the molecule is CCC(C)(N)OC(C)OC. The zero-order valence-corrected chi connectivity index (χ0v) is 7.18. The number of methoxy groups -OCH3 is 1. The first-order chi connectivity index (χ1) is 4.52. The zero-order chi connectivity index (χ0) is 8.20. The monoisotopic (exact) mass is 147 g/mol. The standard InChI is InChI=1S/C7H17NO2/c1-5-7(3,8)10-6(2)9-4/h6H,5,8H2,1-4H3. The van der Waals surface area contributed by atoms with Gasteiger partial charge in [-0.3, -0.25) is 0 Å². The van der Waals surface area contributed by atoms with E-state index in [-0.39, 0.29) is 6.29 Å². The molecule has 3 nitrogen and oxygen atoms in total. The van der Waals surface area contributed by atoms with Crippen LogP contribution in [0.5, 0.6) is 0 Å². The molecule has 0 heterocycles. The molecule has 0 aromatic heterocycles. The summed E-state index contributed by atoms with van der Waals surface area (Å²) in [5.74, 6) is 0. The summed E-state index contributed by atoms with van der Waals surface area (Å²) < 4.78 is 10.2. The van der Waals surface area contributed by atoms with Gasteiger partial charge in [-0.25, -0.2) is 0 Å². The van der Waals surface area contributed by atoms with Crippen molar-refractivity contribution >= 4 is 0 Å². The summed E-state index contributed by atoms with van der Waals surface area (Å²) >= 11 is 0. The van der Waals surface area contributed by atoms with Gasteiger partial charge < -0.3 is 15.2 Å². The van der Waals surface area contributed by atoms with Crippen molar-refractivity contribution in [2.45, 2.75) is 39.2 Å². The lowest BCUT2D eigenvalue weighted by molar-refractivity contribution is -0.183. The molecule has 0 spiro atoms. The Morgan fingerprint density at radius 1 is 1.60 bits per heavy atom. The van der Waals surface area contributed by atoms with Crippen molar-refractivity contribution < 1.29 is 9.47 Å². The summed E-state index contributed by atoms with van der Waals surface area (Å²) in [6, 6.07) is 0. The van der Waals surface area contributed by atoms with Crippen LogP contribution in [0.3, 0.4) is 0 Å². The highest BCUT2D eigenvalue weighted by Gasteiger charge is 2.18. The van der Waals surface area contributed by atoms with Crippen LogP contribution in [0.1, 0.15) is 27.2 Å². The summed E-state index contributed by atoms with van der Waals surface area (Å²) in [5, 5.41) is 0. The van der Waals surface area contributed by atoms with Crippen molar-refractivity contribution in [1.82, 2.24) is 0 Å². The Morgan fingerprint density at radius 2 is 2.10 bits per heavy atom. The fourth-order valence-corrected chi connectivity index (χ4v) is 0.511. The van der Waals surface area contributed by atoms with E-state index in [1.165, 1.54) is 0 Å². The van der Waals surface area contributed by atoms with Crippen molar-refractivity contribution in [3.63, 3.8) is 0 Å². The van der Waals surface area contributed by atoms with Crippen molar-refractivity contribution in [3.8, 4) is 0 Å². The lowest BCUT2D eigenvalue weighted by atomic mass is 10.2. The molecule has 2 unspecified atom stereocenters. The number of nitrogens with two attached hydrogens (primary N) is 1. The smallest absolute Gasteiger partial charge is 0.156 e. The molecule has 0 aliphatic rings. The third-order valence-electron chi connectivity index (χ3n) is 1.47. The summed E-state index contributed by atoms with van der Waals surface area (Å²) in [6.45, 7) is 5.63. The lowest BCUT2D eigenvalue weighted by Gasteiger charge is -2.26. The van der Waals surface area contributed by atoms with Crippen LogP contribution in [0.15, 0.2) is 0 Å². The Kier molecular flexibility index (Phi) is 3.86. The lowest BCUT2D eigenvalue weighted by Crippen LogP contribution is -2.41. The second-order valence-corrected chi connectivity index (χ2v) is 2.59. The van der Waals surface area contributed by atoms with Crippen molar-refractivity contribution in [2.24, 2.45) is 5.73 Å². The molecule has 0 radical (unpaired) electrons. The second-order valence-electron chi connectivity index (χ2n) is 2.59. The van der Waals surface area contributed by atoms with Gasteiger partial charge in [0.25, 0.3) is 0 Å². The third kappa shape index (κ3) is 3.82. The van der Waals surface area contributed by atoms with Crippen LogP contribution < -0.4 is 5.73 Å². The molecule has 0 saturated heterocycles. The van der Waals surface area contributed by atoms with Gasteiger partial charge in [0.1, 0.15) is 5.72 Å². The van der Waals surface area contributed by atoms with E-state index in [2.05, 4.69) is 0 Å². The Balaban J connectivity index is 3.64. The Morgan fingerprint density at radius 3 is 2.40 bits per heavy atom. The highest BCUT2D eigenvalue weighted by Crippen LogP contribution is 2.09. The molecule has 2 N–H and O–H groups in total. The fraction of sp³-hybridized carbons (Fsp3) is 1.00. The van der Waals surface area contributed by atoms with E-state index in [1.54, 1.807) is 7.11 Å². The topological polar surface area (TPSA) is 44.5 Å². The van der Waals surface area contributed by atoms with Gasteiger partial charge >= 0.3 is 0 Å². The maximum Gasteiger partial charge on any atom is 0.156 e. The predicted molar refractivity (Wildman–Crippen MR) is 40.4 cm³/mol. The predicted octanol–water partition coefficient (Wildman–Crippen LogP) is 1.08. The normalized spacial score (nSPS) is 20.1. The number of hydrogen-bond acceptors (Lipinski definition) is 3. The van der Waals surface area contributed by atoms with Gasteiger partial charge in [-0.05, 0) is 20.3 Å². The van der Waals surface area contributed by atoms with Crippen molar-refractivity contribution in [2.75, 3.05) is 7.11 Å². The minimum Gasteiger partial charge on any atom is -0.356 e. The largest absolute Gasteiger partial charge is 0.356 e. The van der Waals surface area contributed by atoms with Crippen LogP contribution in [0.25, 0.3) is 0 Å². The van der Waals surface area contributed by atoms with Gasteiger partial charge in [0, 0.05) is 7.11 Å². The first kappa shape index (κ1) is 9.88. The number of hydrogen-bond donors (Lipinski definition) is 1. The molecule has 0 fully saturated rings. The Hall–Kier alpha value is -0.120. The minimum absolute atomic E-state index is 0.227. The highest BCUT2D eigenvalue weighted by molar-refractivity contribution is 4.62. The number of ether oxygens (including phenoxy) is 2. The van der Waals surface area contributed by atoms with Gasteiger partial charge in [-0.2, -0.15) is 0 Å². The molecule has 0 saturated carbocycles. The molecule has 0 aliphatic carbocycles. The average Bonchev–Trinajstić information content (AvgIpc) is 1.87. The van der Waals surface area contributed by atoms with Gasteiger partial charge in [0.2, 0.25) is 0 Å². The van der Waals surface area contributed by atoms with Gasteiger partial charge in [0.15, 0.2) is 6.29 Å². The van der Waals surface area contributed by atoms with E-state index < -0.39 is 5.72 Å². The molecule has 0 aliphatic heterocycles. The fourth-order valence-electron chi connectivity index (χ4n) is 0.511. The van der Waals surface area contributed by atoms with Crippen LogP contribution in [0.4, 0.5) is 0 Å². The summed E-state index contributed by atoms with van der Waals surface area (Å²) in [4.78, 5) is 0. The summed E-state index contributed by atoms with van der Waals surface area (Å²) in [6.07, 6.45) is 0.552. The van der Waals surface area contributed by atoms with Crippen LogP contribution in [0, 0.1) is 0 Å². The Bertz CT molecular complexity index is 93.6. The molecule has 10 heavy (non-hydrogen) atoms. The molecular weight excluding hydrogens is 130 g/mol. The minimum atomic E-state index is -0.560. The molecule has 2 atom stereocenters. The van der Waals surface area contributed by atoms with Crippen LogP contribution in [-0.2, 0) is 9.47 Å². The van der Waals surface area contributed by atoms with E-state index in [4.69, 9.17) is 15.2 Å². The van der Waals surface area contributed by atoms with E-state index in [1.807, 2.05) is 20.8 Å². The van der Waals surface area contributed by atoms with Gasteiger partial charge in [-0.1, -0.05) is 6.92 Å². The van der Waals surface area contributed by atoms with Gasteiger partial charge in [-0.15, -0.1) is 0 Å². The Labute approximate surface area is 62.5 Å². The number of rotatable bonds is 4. The highest BCUT2D eigenvalue weighted by atomic mass is 16.7. The van der Waals surface area contributed by atoms with E-state index in [0.29, 0.717) is 0 Å². The maximum atomic E-state index is 5.69. The first-order valence-corrected chi connectivity index (χ1v) is 3.51. The molecule has 0 aromatic rings. The van der Waals surface area contributed by atoms with Crippen molar-refractivity contribution in [3.05, 3.63) is 0 Å².